The largest absolute Gasteiger partial charge is 0.377 e. The predicted octanol–water partition coefficient (Wildman–Crippen LogP) is 1.99. The number of anilines is 2. The molecule has 1 aromatic heterocycles. The third-order valence-corrected chi connectivity index (χ3v) is 4.69. The molecule has 0 aromatic carbocycles. The maximum Gasteiger partial charge on any atom is 0.158 e. The molecule has 1 aromatic rings. The Hall–Kier alpha value is -1.05. The molecule has 2 rings (SSSR count). The summed E-state index contributed by atoms with van der Waals surface area (Å²) in [7, 11) is 1.63. The Labute approximate surface area is 124 Å². The maximum atomic E-state index is 5.44. The Kier molecular flexibility index (Phi) is 5.87. The smallest absolute Gasteiger partial charge is 0.158 e. The van der Waals surface area contributed by atoms with Gasteiger partial charge in [0.1, 0.15) is 18.2 Å². The second kappa shape index (κ2) is 7.66. The fraction of sp³-hybridized carbons (Fsp3) is 0.692. The molecule has 1 aliphatic carbocycles. The number of hydrogen-bond donors (Lipinski definition) is 3. The molecule has 7 heteroatoms. The number of aromatic nitrogens is 2. The molecule has 0 aliphatic heterocycles. The molecule has 0 bridgehead atoms. The van der Waals surface area contributed by atoms with Crippen LogP contribution in [0, 0.1) is 0 Å². The molecule has 0 radical (unpaired) electrons. The highest BCUT2D eigenvalue weighted by Crippen LogP contribution is 2.28. The number of nitrogen functional groups attached to an aromatic ring is 1. The molecule has 1 heterocycles. The SMILES string of the molecule is COCc1nc(NN)cc(NC2CCC(SC)CC2)n1. The van der Waals surface area contributed by atoms with Gasteiger partial charge in [0.15, 0.2) is 5.82 Å². The van der Waals surface area contributed by atoms with Crippen molar-refractivity contribution in [3.05, 3.63) is 11.9 Å². The van der Waals surface area contributed by atoms with Gasteiger partial charge in [-0.3, -0.25) is 0 Å². The van der Waals surface area contributed by atoms with E-state index in [-0.39, 0.29) is 0 Å². The van der Waals surface area contributed by atoms with Crippen molar-refractivity contribution in [2.45, 2.75) is 43.6 Å². The number of methoxy groups -OCH3 is 1. The van der Waals surface area contributed by atoms with Crippen LogP contribution >= 0.6 is 11.8 Å². The summed E-state index contributed by atoms with van der Waals surface area (Å²) in [5.41, 5.74) is 2.57. The first-order valence-corrected chi connectivity index (χ1v) is 8.16. The topological polar surface area (TPSA) is 85.1 Å². The van der Waals surface area contributed by atoms with E-state index >= 15 is 0 Å². The minimum atomic E-state index is 0.378. The van der Waals surface area contributed by atoms with Crippen LogP contribution in [0.1, 0.15) is 31.5 Å². The Morgan fingerprint density at radius 1 is 1.30 bits per heavy atom. The number of nitrogens with one attached hydrogen (secondary N) is 2. The lowest BCUT2D eigenvalue weighted by molar-refractivity contribution is 0.178. The summed E-state index contributed by atoms with van der Waals surface area (Å²) in [6.07, 6.45) is 7.08. The summed E-state index contributed by atoms with van der Waals surface area (Å²) in [6.45, 7) is 0.378. The standard InChI is InChI=1S/C13H23N5OS/c1-19-8-13-16-11(7-12(17-13)18-14)15-9-3-5-10(20-2)6-4-9/h7,9-10H,3-6,8,14H2,1-2H3,(H2,15,16,17,18). The van der Waals surface area contributed by atoms with Crippen molar-refractivity contribution in [3.63, 3.8) is 0 Å². The first-order valence-electron chi connectivity index (χ1n) is 6.88. The molecular weight excluding hydrogens is 274 g/mol. The lowest BCUT2D eigenvalue weighted by atomic mass is 9.95. The molecule has 1 aliphatic rings. The van der Waals surface area contributed by atoms with Gasteiger partial charge in [0.05, 0.1) is 0 Å². The Morgan fingerprint density at radius 2 is 2.00 bits per heavy atom. The molecule has 20 heavy (non-hydrogen) atoms. The van der Waals surface area contributed by atoms with Crippen molar-refractivity contribution in [2.24, 2.45) is 5.84 Å². The van der Waals surface area contributed by atoms with E-state index in [2.05, 4.69) is 27.0 Å². The van der Waals surface area contributed by atoms with Crippen LogP contribution in [-0.2, 0) is 11.3 Å². The molecule has 0 atom stereocenters. The van der Waals surface area contributed by atoms with E-state index in [0.717, 1.165) is 11.1 Å². The zero-order valence-corrected chi connectivity index (χ0v) is 12.9. The Morgan fingerprint density at radius 3 is 2.60 bits per heavy atom. The van der Waals surface area contributed by atoms with Crippen LogP contribution in [0.15, 0.2) is 6.07 Å². The van der Waals surface area contributed by atoms with Gasteiger partial charge in [-0.05, 0) is 31.9 Å². The van der Waals surface area contributed by atoms with Crippen LogP contribution < -0.4 is 16.6 Å². The van der Waals surface area contributed by atoms with E-state index in [1.165, 1.54) is 25.7 Å². The summed E-state index contributed by atoms with van der Waals surface area (Å²) < 4.78 is 5.08. The van der Waals surface area contributed by atoms with Gasteiger partial charge in [-0.25, -0.2) is 15.8 Å². The van der Waals surface area contributed by atoms with Crippen molar-refractivity contribution in [2.75, 3.05) is 24.1 Å². The lowest BCUT2D eigenvalue weighted by Gasteiger charge is -2.28. The third-order valence-electron chi connectivity index (χ3n) is 3.55. The van der Waals surface area contributed by atoms with E-state index in [1.807, 2.05) is 17.8 Å². The Bertz CT molecular complexity index is 423. The van der Waals surface area contributed by atoms with Crippen LogP contribution in [-0.4, -0.2) is 34.6 Å². The lowest BCUT2D eigenvalue weighted by Crippen LogP contribution is -2.27. The second-order valence-corrected chi connectivity index (χ2v) is 6.12. The number of nitrogens with two attached hydrogens (primary N) is 1. The minimum absolute atomic E-state index is 0.378. The van der Waals surface area contributed by atoms with E-state index in [1.54, 1.807) is 7.11 Å². The zero-order chi connectivity index (χ0) is 14.4. The van der Waals surface area contributed by atoms with Gasteiger partial charge >= 0.3 is 0 Å². The third kappa shape index (κ3) is 4.22. The van der Waals surface area contributed by atoms with Crippen molar-refractivity contribution in [1.82, 2.24) is 9.97 Å². The molecular formula is C13H23N5OS. The fourth-order valence-corrected chi connectivity index (χ4v) is 3.23. The van der Waals surface area contributed by atoms with E-state index in [9.17, 15) is 0 Å². The average molecular weight is 297 g/mol. The van der Waals surface area contributed by atoms with Gasteiger partial charge in [-0.2, -0.15) is 11.8 Å². The fourth-order valence-electron chi connectivity index (χ4n) is 2.49. The van der Waals surface area contributed by atoms with Crippen LogP contribution in [0.2, 0.25) is 0 Å². The highest BCUT2D eigenvalue weighted by molar-refractivity contribution is 7.99. The van der Waals surface area contributed by atoms with Crippen LogP contribution in [0.4, 0.5) is 11.6 Å². The van der Waals surface area contributed by atoms with Crippen molar-refractivity contribution >= 4 is 23.4 Å². The monoisotopic (exact) mass is 297 g/mol. The first kappa shape index (κ1) is 15.3. The van der Waals surface area contributed by atoms with Crippen LogP contribution in [0.3, 0.4) is 0 Å². The van der Waals surface area contributed by atoms with Crippen LogP contribution in [0.5, 0.6) is 0 Å². The van der Waals surface area contributed by atoms with Gasteiger partial charge in [0.25, 0.3) is 0 Å². The molecule has 6 nitrogen and oxygen atoms in total. The highest BCUT2D eigenvalue weighted by Gasteiger charge is 2.20. The minimum Gasteiger partial charge on any atom is -0.377 e. The van der Waals surface area contributed by atoms with E-state index in [0.29, 0.717) is 24.3 Å². The quantitative estimate of drug-likeness (QED) is 0.547. The molecule has 0 amide bonds. The number of rotatable bonds is 6. The van der Waals surface area contributed by atoms with Gasteiger partial charge in [0, 0.05) is 24.5 Å². The Balaban J connectivity index is 1.99. The molecule has 1 saturated carbocycles. The first-order chi connectivity index (χ1) is 9.75. The average Bonchev–Trinajstić information content (AvgIpc) is 2.48. The molecule has 0 saturated heterocycles. The van der Waals surface area contributed by atoms with Gasteiger partial charge < -0.3 is 15.5 Å². The predicted molar refractivity (Wildman–Crippen MR) is 83.7 cm³/mol. The summed E-state index contributed by atoms with van der Waals surface area (Å²) >= 11 is 1.97. The maximum absolute atomic E-state index is 5.44. The summed E-state index contributed by atoms with van der Waals surface area (Å²) in [4.78, 5) is 8.70. The van der Waals surface area contributed by atoms with Gasteiger partial charge in [-0.15, -0.1) is 0 Å². The van der Waals surface area contributed by atoms with Crippen LogP contribution in [0.25, 0.3) is 0 Å². The zero-order valence-electron chi connectivity index (χ0n) is 12.1. The highest BCUT2D eigenvalue weighted by atomic mass is 32.2. The number of hydrogen-bond acceptors (Lipinski definition) is 7. The second-order valence-electron chi connectivity index (χ2n) is 4.99. The van der Waals surface area contributed by atoms with Crippen molar-refractivity contribution in [1.29, 1.82) is 0 Å². The van der Waals surface area contributed by atoms with E-state index < -0.39 is 0 Å². The summed E-state index contributed by atoms with van der Waals surface area (Å²) in [5.74, 6) is 7.49. The molecule has 0 unspecified atom stereocenters. The number of nitrogens with zero attached hydrogens (tertiary/aromatic N) is 2. The van der Waals surface area contributed by atoms with Crippen molar-refractivity contribution < 1.29 is 4.74 Å². The summed E-state index contributed by atoms with van der Waals surface area (Å²) in [5, 5.41) is 4.30. The number of hydrazine groups is 1. The molecule has 112 valence electrons. The molecule has 4 N–H and O–H groups in total. The summed E-state index contributed by atoms with van der Waals surface area (Å²) in [6, 6.07) is 2.31. The molecule has 0 spiro atoms. The normalized spacial score (nSPS) is 22.6. The van der Waals surface area contributed by atoms with Crippen molar-refractivity contribution in [3.8, 4) is 0 Å². The number of thioether (sulfide) groups is 1. The molecule has 1 fully saturated rings. The van der Waals surface area contributed by atoms with E-state index in [4.69, 9.17) is 10.6 Å². The van der Waals surface area contributed by atoms with Gasteiger partial charge in [0.2, 0.25) is 0 Å². The number of ether oxygens (including phenoxy) is 1. The van der Waals surface area contributed by atoms with Gasteiger partial charge in [-0.1, -0.05) is 0 Å².